The normalized spacial score (nSPS) is 11.5. The van der Waals surface area contributed by atoms with E-state index >= 15 is 0 Å². The number of aromatic nitrogens is 2. The molecule has 0 saturated carbocycles. The van der Waals surface area contributed by atoms with Gasteiger partial charge in [0, 0.05) is 34.6 Å². The van der Waals surface area contributed by atoms with Crippen LogP contribution >= 0.6 is 22.7 Å². The van der Waals surface area contributed by atoms with Gasteiger partial charge in [0.2, 0.25) is 5.13 Å². The average molecular weight is 352 g/mol. The van der Waals surface area contributed by atoms with Gasteiger partial charge in [0.1, 0.15) is 0 Å². The number of nitrogens with one attached hydrogen (secondary N) is 1. The van der Waals surface area contributed by atoms with Crippen LogP contribution in [0.3, 0.4) is 0 Å². The zero-order chi connectivity index (χ0) is 16.4. The van der Waals surface area contributed by atoms with Crippen LogP contribution in [0.5, 0.6) is 0 Å². The molecule has 0 aliphatic rings. The third-order valence-electron chi connectivity index (χ3n) is 3.80. The lowest BCUT2D eigenvalue weighted by molar-refractivity contribution is 0.797. The number of hydrazone groups is 1. The number of hydrogen-bond acceptors (Lipinski definition) is 5. The second kappa shape index (κ2) is 6.59. The van der Waals surface area contributed by atoms with E-state index in [1.165, 1.54) is 15.8 Å². The van der Waals surface area contributed by atoms with E-state index in [1.807, 2.05) is 17.7 Å². The lowest BCUT2D eigenvalue weighted by atomic mass is 10.2. The minimum Gasteiger partial charge on any atom is -0.347 e. The van der Waals surface area contributed by atoms with Gasteiger partial charge in [0.25, 0.3) is 0 Å². The standard InChI is InChI=1S/C18H16N4S2/c1-2-22-11-13(14-6-3-4-7-16(14)22)10-19-21-18-20-15(12-24-18)17-8-5-9-23-17/h3-12H,2H2,1H3,(H,20,21)/b19-10+. The van der Waals surface area contributed by atoms with Crippen LogP contribution in [0, 0.1) is 0 Å². The fraction of sp³-hybridized carbons (Fsp3) is 0.111. The molecule has 0 aliphatic carbocycles. The van der Waals surface area contributed by atoms with E-state index in [0.717, 1.165) is 22.9 Å². The highest BCUT2D eigenvalue weighted by Gasteiger charge is 2.06. The maximum absolute atomic E-state index is 4.57. The maximum Gasteiger partial charge on any atom is 0.203 e. The summed E-state index contributed by atoms with van der Waals surface area (Å²) >= 11 is 3.25. The first-order valence-corrected chi connectivity index (χ1v) is 9.47. The first-order valence-electron chi connectivity index (χ1n) is 7.71. The van der Waals surface area contributed by atoms with Gasteiger partial charge < -0.3 is 4.57 Å². The van der Waals surface area contributed by atoms with Crippen LogP contribution in [-0.2, 0) is 6.54 Å². The van der Waals surface area contributed by atoms with E-state index < -0.39 is 0 Å². The lowest BCUT2D eigenvalue weighted by Crippen LogP contribution is -1.91. The molecule has 0 amide bonds. The van der Waals surface area contributed by atoms with E-state index in [1.54, 1.807) is 22.7 Å². The monoisotopic (exact) mass is 352 g/mol. The molecule has 0 fully saturated rings. The van der Waals surface area contributed by atoms with E-state index in [4.69, 9.17) is 0 Å². The smallest absolute Gasteiger partial charge is 0.203 e. The molecule has 0 aliphatic heterocycles. The van der Waals surface area contributed by atoms with Gasteiger partial charge in [-0.1, -0.05) is 24.3 Å². The zero-order valence-corrected chi connectivity index (χ0v) is 14.8. The van der Waals surface area contributed by atoms with Gasteiger partial charge in [-0.05, 0) is 24.4 Å². The first kappa shape index (κ1) is 15.1. The van der Waals surface area contributed by atoms with Crippen molar-refractivity contribution in [3.05, 3.63) is 58.9 Å². The van der Waals surface area contributed by atoms with Crippen LogP contribution in [-0.4, -0.2) is 15.8 Å². The summed E-state index contributed by atoms with van der Waals surface area (Å²) in [6.07, 6.45) is 4.00. The number of nitrogens with zero attached hydrogens (tertiary/aromatic N) is 3. The predicted molar refractivity (Wildman–Crippen MR) is 104 cm³/mol. The van der Waals surface area contributed by atoms with Gasteiger partial charge >= 0.3 is 0 Å². The van der Waals surface area contributed by atoms with Crippen molar-refractivity contribution in [3.63, 3.8) is 0 Å². The molecule has 6 heteroatoms. The Kier molecular flexibility index (Phi) is 4.15. The van der Waals surface area contributed by atoms with Gasteiger partial charge in [-0.25, -0.2) is 4.98 Å². The Morgan fingerprint density at radius 2 is 2.12 bits per heavy atom. The second-order valence-corrected chi connectivity index (χ2v) is 7.08. The summed E-state index contributed by atoms with van der Waals surface area (Å²) in [5.41, 5.74) is 6.37. The number of para-hydroxylation sites is 1. The third kappa shape index (κ3) is 2.86. The number of hydrogen-bond donors (Lipinski definition) is 1. The Morgan fingerprint density at radius 3 is 2.96 bits per heavy atom. The minimum atomic E-state index is 0.800. The molecular formula is C18H16N4S2. The van der Waals surface area contributed by atoms with E-state index in [-0.39, 0.29) is 0 Å². The van der Waals surface area contributed by atoms with Crippen LogP contribution in [0.4, 0.5) is 5.13 Å². The molecule has 4 rings (SSSR count). The van der Waals surface area contributed by atoms with E-state index in [2.05, 4.69) is 68.9 Å². The fourth-order valence-corrected chi connectivity index (χ4v) is 4.08. The number of fused-ring (bicyclic) bond motifs is 1. The molecule has 3 aromatic heterocycles. The second-order valence-electron chi connectivity index (χ2n) is 5.27. The molecule has 0 bridgehead atoms. The zero-order valence-electron chi connectivity index (χ0n) is 13.1. The molecule has 24 heavy (non-hydrogen) atoms. The molecule has 4 nitrogen and oxygen atoms in total. The number of benzene rings is 1. The van der Waals surface area contributed by atoms with E-state index in [9.17, 15) is 0 Å². The Bertz CT molecular complexity index is 980. The van der Waals surface area contributed by atoms with Crippen LogP contribution in [0.2, 0.25) is 0 Å². The van der Waals surface area contributed by atoms with Gasteiger partial charge in [0.05, 0.1) is 16.8 Å². The number of anilines is 1. The molecule has 0 unspecified atom stereocenters. The molecule has 3 heterocycles. The summed E-state index contributed by atoms with van der Waals surface area (Å²) in [7, 11) is 0. The average Bonchev–Trinajstić information content (AvgIpc) is 3.35. The predicted octanol–water partition coefficient (Wildman–Crippen LogP) is 5.29. The highest BCUT2D eigenvalue weighted by molar-refractivity contribution is 7.15. The Morgan fingerprint density at radius 1 is 1.21 bits per heavy atom. The highest BCUT2D eigenvalue weighted by Crippen LogP contribution is 2.28. The Balaban J connectivity index is 1.54. The summed E-state index contributed by atoms with van der Waals surface area (Å²) in [5, 5.41) is 10.5. The van der Waals surface area contributed by atoms with Gasteiger partial charge in [-0.3, -0.25) is 5.43 Å². The third-order valence-corrected chi connectivity index (χ3v) is 5.44. The summed E-state index contributed by atoms with van der Waals surface area (Å²) in [4.78, 5) is 5.74. The molecule has 0 radical (unpaired) electrons. The first-order chi connectivity index (χ1) is 11.8. The van der Waals surface area contributed by atoms with Crippen molar-refractivity contribution >= 4 is 44.9 Å². The molecule has 1 N–H and O–H groups in total. The summed E-state index contributed by atoms with van der Waals surface area (Å²) in [5.74, 6) is 0. The lowest BCUT2D eigenvalue weighted by Gasteiger charge is -1.97. The molecule has 0 atom stereocenters. The van der Waals surface area contributed by atoms with Crippen molar-refractivity contribution in [2.45, 2.75) is 13.5 Å². The van der Waals surface area contributed by atoms with Crippen LogP contribution in [0.1, 0.15) is 12.5 Å². The number of thiophene rings is 1. The van der Waals surface area contributed by atoms with Gasteiger partial charge in [-0.15, -0.1) is 22.7 Å². The van der Waals surface area contributed by atoms with Crippen LogP contribution < -0.4 is 5.43 Å². The van der Waals surface area contributed by atoms with Crippen molar-refractivity contribution in [3.8, 4) is 10.6 Å². The van der Waals surface area contributed by atoms with Crippen molar-refractivity contribution in [1.82, 2.24) is 9.55 Å². The summed E-state index contributed by atoms with van der Waals surface area (Å²) < 4.78 is 2.23. The Hall–Kier alpha value is -2.44. The Labute approximate surface area is 148 Å². The van der Waals surface area contributed by atoms with Crippen molar-refractivity contribution in [2.75, 3.05) is 5.43 Å². The SMILES string of the molecule is CCn1cc(/C=N/Nc2nc(-c3cccs3)cs2)c2ccccc21. The van der Waals surface area contributed by atoms with Crippen LogP contribution in [0.25, 0.3) is 21.5 Å². The molecule has 4 aromatic rings. The molecule has 1 aromatic carbocycles. The highest BCUT2D eigenvalue weighted by atomic mass is 32.1. The molecule has 120 valence electrons. The number of thiazole rings is 1. The molecule has 0 saturated heterocycles. The summed E-state index contributed by atoms with van der Waals surface area (Å²) in [6, 6.07) is 12.5. The quantitative estimate of drug-likeness (QED) is 0.391. The number of aryl methyl sites for hydroxylation is 1. The van der Waals surface area contributed by atoms with Crippen molar-refractivity contribution in [1.29, 1.82) is 0 Å². The van der Waals surface area contributed by atoms with Gasteiger partial charge in [-0.2, -0.15) is 5.10 Å². The maximum atomic E-state index is 4.57. The van der Waals surface area contributed by atoms with Gasteiger partial charge in [0.15, 0.2) is 0 Å². The largest absolute Gasteiger partial charge is 0.347 e. The van der Waals surface area contributed by atoms with Crippen LogP contribution in [0.15, 0.2) is 58.5 Å². The van der Waals surface area contributed by atoms with Crippen molar-refractivity contribution < 1.29 is 0 Å². The van der Waals surface area contributed by atoms with E-state index in [0.29, 0.717) is 0 Å². The summed E-state index contributed by atoms with van der Waals surface area (Å²) in [6.45, 7) is 3.09. The molecule has 0 spiro atoms. The van der Waals surface area contributed by atoms with Crippen molar-refractivity contribution in [2.24, 2.45) is 5.10 Å². The fourth-order valence-electron chi connectivity index (χ4n) is 2.66. The minimum absolute atomic E-state index is 0.800. The number of rotatable bonds is 5. The molecular weight excluding hydrogens is 336 g/mol. The topological polar surface area (TPSA) is 42.2 Å².